The fraction of sp³-hybridized carbons (Fsp3) is 0.500. The van der Waals surface area contributed by atoms with Crippen LogP contribution in [0, 0.1) is 5.92 Å². The van der Waals surface area contributed by atoms with Crippen LogP contribution in [0.4, 0.5) is 4.39 Å². The summed E-state index contributed by atoms with van der Waals surface area (Å²) in [5.41, 5.74) is 1.06. The molecule has 4 heterocycles. The molecule has 0 radical (unpaired) electrons. The van der Waals surface area contributed by atoms with Crippen LogP contribution in [0.25, 0.3) is 11.0 Å². The van der Waals surface area contributed by atoms with Crippen molar-refractivity contribution in [3.8, 4) is 0 Å². The van der Waals surface area contributed by atoms with E-state index in [-0.39, 0.29) is 23.6 Å². The molecule has 2 fully saturated rings. The van der Waals surface area contributed by atoms with Crippen LogP contribution >= 0.6 is 0 Å². The van der Waals surface area contributed by atoms with Crippen LogP contribution in [0.5, 0.6) is 0 Å². The molecule has 1 aromatic carbocycles. The lowest BCUT2D eigenvalue weighted by Gasteiger charge is -2.42. The molecule has 0 bridgehead atoms. The summed E-state index contributed by atoms with van der Waals surface area (Å²) in [6, 6.07) is 11.5. The number of aromatic amines is 1. The number of carbonyl (C=O) groups excluding carboxylic acids is 1. The van der Waals surface area contributed by atoms with Crippen molar-refractivity contribution in [3.05, 3.63) is 64.8 Å². The molecular weight excluding hydrogens is 433 g/mol. The van der Waals surface area contributed by atoms with Crippen LogP contribution in [0.1, 0.15) is 49.0 Å². The van der Waals surface area contributed by atoms with Gasteiger partial charge < -0.3 is 14.8 Å². The predicted molar refractivity (Wildman–Crippen MR) is 130 cm³/mol. The van der Waals surface area contributed by atoms with Gasteiger partial charge in [0.25, 0.3) is 5.91 Å². The Morgan fingerprint density at radius 2 is 1.88 bits per heavy atom. The van der Waals surface area contributed by atoms with Crippen molar-refractivity contribution in [2.45, 2.75) is 44.3 Å². The van der Waals surface area contributed by atoms with Gasteiger partial charge in [0.1, 0.15) is 5.67 Å². The van der Waals surface area contributed by atoms with Gasteiger partial charge in [-0.3, -0.25) is 14.3 Å². The first-order chi connectivity index (χ1) is 16.4. The second-order valence-corrected chi connectivity index (χ2v) is 9.82. The van der Waals surface area contributed by atoms with Crippen molar-refractivity contribution >= 4 is 16.9 Å². The molecule has 2 saturated heterocycles. The summed E-state index contributed by atoms with van der Waals surface area (Å²) in [6.07, 6.45) is 5.68. The Hall–Kier alpha value is -3.00. The number of nitrogens with one attached hydrogen (secondary N) is 1. The number of piperidine rings is 2. The van der Waals surface area contributed by atoms with Gasteiger partial charge in [0.15, 0.2) is 0 Å². The summed E-state index contributed by atoms with van der Waals surface area (Å²) in [5, 5.41) is 0. The molecule has 180 valence electrons. The molecule has 8 heteroatoms. The Morgan fingerprint density at radius 3 is 2.59 bits per heavy atom. The number of amides is 1. The molecule has 3 aromatic rings. The zero-order chi connectivity index (χ0) is 23.7. The number of nitrogens with zero attached hydrogens (tertiary/aromatic N) is 4. The average molecular weight is 466 g/mol. The van der Waals surface area contributed by atoms with Crippen LogP contribution < -0.4 is 5.69 Å². The van der Waals surface area contributed by atoms with Gasteiger partial charge in [-0.25, -0.2) is 9.18 Å². The Bertz CT molecular complexity index is 1190. The molecule has 34 heavy (non-hydrogen) atoms. The van der Waals surface area contributed by atoms with Gasteiger partial charge >= 0.3 is 5.69 Å². The minimum absolute atomic E-state index is 0.0525. The lowest BCUT2D eigenvalue weighted by molar-refractivity contribution is -0.000861. The zero-order valence-corrected chi connectivity index (χ0v) is 19.6. The molecular formula is C26H32FN5O2. The number of imidazole rings is 1. The lowest BCUT2D eigenvalue weighted by atomic mass is 9.81. The Kier molecular flexibility index (Phi) is 6.25. The smallest absolute Gasteiger partial charge is 0.326 e. The number of likely N-dealkylation sites (tertiary alicyclic amines) is 2. The van der Waals surface area contributed by atoms with Gasteiger partial charge in [0, 0.05) is 57.1 Å². The van der Waals surface area contributed by atoms with E-state index >= 15 is 4.39 Å². The van der Waals surface area contributed by atoms with Crippen LogP contribution in [0.2, 0.25) is 0 Å². The Balaban J connectivity index is 1.15. The molecule has 1 unspecified atom stereocenters. The van der Waals surface area contributed by atoms with E-state index in [2.05, 4.69) is 14.9 Å². The molecule has 2 aromatic heterocycles. The Labute approximate surface area is 198 Å². The highest BCUT2D eigenvalue weighted by Gasteiger charge is 2.41. The third kappa shape index (κ3) is 4.39. The zero-order valence-electron chi connectivity index (χ0n) is 19.6. The highest BCUT2D eigenvalue weighted by molar-refractivity contribution is 5.93. The molecule has 2 aliphatic rings. The first-order valence-corrected chi connectivity index (χ1v) is 12.2. The lowest BCUT2D eigenvalue weighted by Crippen LogP contribution is -2.50. The van der Waals surface area contributed by atoms with Crippen LogP contribution in [0.15, 0.2) is 53.6 Å². The van der Waals surface area contributed by atoms with E-state index in [4.69, 9.17) is 0 Å². The largest absolute Gasteiger partial charge is 0.338 e. The van der Waals surface area contributed by atoms with E-state index in [0.717, 1.165) is 37.0 Å². The van der Waals surface area contributed by atoms with E-state index in [0.29, 0.717) is 38.0 Å². The molecule has 1 amide bonds. The van der Waals surface area contributed by atoms with Gasteiger partial charge in [-0.15, -0.1) is 0 Å². The van der Waals surface area contributed by atoms with Gasteiger partial charge in [-0.2, -0.15) is 0 Å². The van der Waals surface area contributed by atoms with Crippen molar-refractivity contribution in [1.82, 2.24) is 24.3 Å². The summed E-state index contributed by atoms with van der Waals surface area (Å²) >= 11 is 0. The fourth-order valence-corrected chi connectivity index (χ4v) is 5.59. The molecule has 1 atom stereocenters. The minimum atomic E-state index is -1.27. The monoisotopic (exact) mass is 465 g/mol. The van der Waals surface area contributed by atoms with E-state index in [1.165, 1.54) is 0 Å². The second kappa shape index (κ2) is 9.33. The van der Waals surface area contributed by atoms with Crippen molar-refractivity contribution < 1.29 is 9.18 Å². The highest BCUT2D eigenvalue weighted by atomic mass is 19.1. The van der Waals surface area contributed by atoms with E-state index in [1.54, 1.807) is 29.4 Å². The second-order valence-electron chi connectivity index (χ2n) is 9.82. The van der Waals surface area contributed by atoms with E-state index in [9.17, 15) is 9.59 Å². The topological polar surface area (TPSA) is 74.2 Å². The maximum atomic E-state index is 15.9. The normalized spacial score (nSPS) is 20.5. The molecule has 7 nitrogen and oxygen atoms in total. The fourth-order valence-electron chi connectivity index (χ4n) is 5.59. The molecule has 1 N–H and O–H groups in total. The standard InChI is InChI=1S/C26H32FN5O2/c1-19(26(27)10-15-31(16-11-26)24(33)20-5-4-12-28-17-20)18-30-13-8-21(9-14-30)32-23-7-3-2-6-22(23)29-25(32)34/h2-7,12,17,19,21H,8-11,13-16,18H2,1H3,(H,29,34). The number of pyridine rings is 1. The van der Waals surface area contributed by atoms with Gasteiger partial charge in [-0.05, 0) is 49.9 Å². The number of fused-ring (bicyclic) bond motifs is 1. The number of halogens is 1. The Morgan fingerprint density at radius 1 is 1.15 bits per heavy atom. The number of aromatic nitrogens is 3. The van der Waals surface area contributed by atoms with Gasteiger partial charge in [-0.1, -0.05) is 19.1 Å². The molecule has 0 spiro atoms. The maximum absolute atomic E-state index is 15.9. The van der Waals surface area contributed by atoms with Crippen molar-refractivity contribution in [3.63, 3.8) is 0 Å². The summed E-state index contributed by atoms with van der Waals surface area (Å²) in [6.45, 7) is 5.25. The van der Waals surface area contributed by atoms with Crippen LogP contribution in [-0.4, -0.2) is 68.6 Å². The molecule has 0 saturated carbocycles. The summed E-state index contributed by atoms with van der Waals surface area (Å²) in [4.78, 5) is 36.2. The van der Waals surface area contributed by atoms with Crippen molar-refractivity contribution in [2.24, 2.45) is 5.92 Å². The number of hydrogen-bond donors (Lipinski definition) is 1. The van der Waals surface area contributed by atoms with Crippen LogP contribution in [-0.2, 0) is 0 Å². The van der Waals surface area contributed by atoms with Crippen molar-refractivity contribution in [2.75, 3.05) is 32.7 Å². The van der Waals surface area contributed by atoms with Gasteiger partial charge in [0.2, 0.25) is 0 Å². The van der Waals surface area contributed by atoms with Crippen LogP contribution in [0.3, 0.4) is 0 Å². The number of H-pyrrole nitrogens is 1. The first kappa shape index (κ1) is 22.8. The molecule has 5 rings (SSSR count). The third-order valence-corrected chi connectivity index (χ3v) is 7.75. The average Bonchev–Trinajstić information content (AvgIpc) is 3.21. The quantitative estimate of drug-likeness (QED) is 0.624. The minimum Gasteiger partial charge on any atom is -0.338 e. The summed E-state index contributed by atoms with van der Waals surface area (Å²) < 4.78 is 17.8. The van der Waals surface area contributed by atoms with Crippen molar-refractivity contribution in [1.29, 1.82) is 0 Å². The number of hydrogen-bond acceptors (Lipinski definition) is 4. The number of benzene rings is 1. The highest BCUT2D eigenvalue weighted by Crippen LogP contribution is 2.36. The van der Waals surface area contributed by atoms with Gasteiger partial charge in [0.05, 0.1) is 16.6 Å². The number of rotatable bonds is 5. The summed E-state index contributed by atoms with van der Waals surface area (Å²) in [7, 11) is 0. The molecule has 2 aliphatic heterocycles. The maximum Gasteiger partial charge on any atom is 0.326 e. The first-order valence-electron chi connectivity index (χ1n) is 12.2. The van der Waals surface area contributed by atoms with E-state index in [1.807, 2.05) is 35.8 Å². The summed E-state index contributed by atoms with van der Waals surface area (Å²) in [5.74, 6) is -0.187. The number of alkyl halides is 1. The molecule has 0 aliphatic carbocycles. The number of carbonyl (C=O) groups is 1. The number of para-hydroxylation sites is 2. The third-order valence-electron chi connectivity index (χ3n) is 7.75. The SMILES string of the molecule is CC(CN1CCC(n2c(=O)[nH]c3ccccc32)CC1)C1(F)CCN(C(=O)c2cccnc2)CC1. The van der Waals surface area contributed by atoms with E-state index < -0.39 is 5.67 Å². The predicted octanol–water partition coefficient (Wildman–Crippen LogP) is 3.64.